The van der Waals surface area contributed by atoms with Crippen LogP contribution in [0.2, 0.25) is 0 Å². The van der Waals surface area contributed by atoms with Gasteiger partial charge in [-0.1, -0.05) is 12.5 Å². The number of fused-ring (bicyclic) bond motifs is 1. The van der Waals surface area contributed by atoms with Crippen molar-refractivity contribution in [3.63, 3.8) is 0 Å². The van der Waals surface area contributed by atoms with Crippen molar-refractivity contribution in [2.24, 2.45) is 0 Å². The number of likely N-dealkylation sites (tertiary alicyclic amines) is 1. The maximum atomic E-state index is 12.2. The standard InChI is InChI=1S/C16H22N4O/c1-12(20-7-3-2-4-8-20)10-17-16(21)13-5-6-14-11-18-19-15(14)9-13/h5-6,9,11-12H,2-4,7-8,10H2,1H3,(H,17,21)(H,18,19). The monoisotopic (exact) mass is 286 g/mol. The molecule has 5 nitrogen and oxygen atoms in total. The number of aromatic nitrogens is 2. The van der Waals surface area contributed by atoms with E-state index in [9.17, 15) is 4.79 Å². The molecule has 2 aromatic rings. The Bertz CT molecular complexity index is 616. The minimum Gasteiger partial charge on any atom is -0.350 e. The average Bonchev–Trinajstić information content (AvgIpc) is 3.00. The molecule has 1 unspecified atom stereocenters. The lowest BCUT2D eigenvalue weighted by Gasteiger charge is -2.32. The Morgan fingerprint density at radius 2 is 2.19 bits per heavy atom. The number of carbonyl (C=O) groups excluding carboxylic acids is 1. The Morgan fingerprint density at radius 3 is 3.00 bits per heavy atom. The van der Waals surface area contributed by atoms with Crippen molar-refractivity contribution in [3.8, 4) is 0 Å². The number of H-pyrrole nitrogens is 1. The van der Waals surface area contributed by atoms with Crippen LogP contribution in [0.3, 0.4) is 0 Å². The maximum Gasteiger partial charge on any atom is 0.251 e. The smallest absolute Gasteiger partial charge is 0.251 e. The largest absolute Gasteiger partial charge is 0.350 e. The fourth-order valence-electron chi connectivity index (χ4n) is 2.91. The van der Waals surface area contributed by atoms with E-state index in [1.807, 2.05) is 18.2 Å². The fraction of sp³-hybridized carbons (Fsp3) is 0.500. The highest BCUT2D eigenvalue weighted by Crippen LogP contribution is 2.13. The molecular weight excluding hydrogens is 264 g/mol. The first kappa shape index (κ1) is 14.1. The van der Waals surface area contributed by atoms with E-state index >= 15 is 0 Å². The van der Waals surface area contributed by atoms with Crippen molar-refractivity contribution in [3.05, 3.63) is 30.0 Å². The normalized spacial score (nSPS) is 17.8. The summed E-state index contributed by atoms with van der Waals surface area (Å²) in [6.45, 7) is 5.18. The predicted octanol–water partition coefficient (Wildman–Crippen LogP) is 2.17. The van der Waals surface area contributed by atoms with E-state index in [0.717, 1.165) is 24.0 Å². The van der Waals surface area contributed by atoms with E-state index in [0.29, 0.717) is 18.2 Å². The summed E-state index contributed by atoms with van der Waals surface area (Å²) in [5.74, 6) is -0.0182. The van der Waals surface area contributed by atoms with Gasteiger partial charge in [-0.05, 0) is 45.0 Å². The van der Waals surface area contributed by atoms with Gasteiger partial charge in [-0.15, -0.1) is 0 Å². The van der Waals surface area contributed by atoms with E-state index in [1.54, 1.807) is 6.20 Å². The van der Waals surface area contributed by atoms with Crippen LogP contribution in [-0.2, 0) is 0 Å². The Labute approximate surface area is 124 Å². The second-order valence-electron chi connectivity index (χ2n) is 5.83. The van der Waals surface area contributed by atoms with Crippen LogP contribution in [0.5, 0.6) is 0 Å². The minimum atomic E-state index is -0.0182. The zero-order valence-electron chi connectivity index (χ0n) is 12.4. The number of nitrogens with one attached hydrogen (secondary N) is 2. The third kappa shape index (κ3) is 3.24. The quantitative estimate of drug-likeness (QED) is 0.905. The Hall–Kier alpha value is -1.88. The minimum absolute atomic E-state index is 0.0182. The summed E-state index contributed by atoms with van der Waals surface area (Å²) in [4.78, 5) is 14.7. The second-order valence-corrected chi connectivity index (χ2v) is 5.83. The summed E-state index contributed by atoms with van der Waals surface area (Å²) in [6.07, 6.45) is 5.64. The van der Waals surface area contributed by atoms with Crippen molar-refractivity contribution >= 4 is 16.8 Å². The molecule has 1 saturated heterocycles. The lowest BCUT2D eigenvalue weighted by atomic mass is 10.1. The van der Waals surface area contributed by atoms with Crippen LogP contribution in [0.1, 0.15) is 36.5 Å². The first-order chi connectivity index (χ1) is 10.2. The summed E-state index contributed by atoms with van der Waals surface area (Å²) in [5.41, 5.74) is 1.57. The van der Waals surface area contributed by atoms with E-state index in [-0.39, 0.29) is 5.91 Å². The number of hydrogen-bond donors (Lipinski definition) is 2. The number of aromatic amines is 1. The summed E-state index contributed by atoms with van der Waals surface area (Å²) >= 11 is 0. The molecule has 1 amide bonds. The van der Waals surface area contributed by atoms with Crippen molar-refractivity contribution in [2.75, 3.05) is 19.6 Å². The zero-order valence-corrected chi connectivity index (χ0v) is 12.4. The summed E-state index contributed by atoms with van der Waals surface area (Å²) < 4.78 is 0. The number of nitrogens with zero attached hydrogens (tertiary/aromatic N) is 2. The lowest BCUT2D eigenvalue weighted by molar-refractivity contribution is 0.0930. The van der Waals surface area contributed by atoms with Crippen LogP contribution in [0, 0.1) is 0 Å². The van der Waals surface area contributed by atoms with Crippen molar-refractivity contribution in [2.45, 2.75) is 32.2 Å². The molecule has 0 spiro atoms. The first-order valence-corrected chi connectivity index (χ1v) is 7.69. The van der Waals surface area contributed by atoms with Crippen LogP contribution in [0.4, 0.5) is 0 Å². The SMILES string of the molecule is CC(CNC(=O)c1ccc2cn[nH]c2c1)N1CCCCC1. The molecule has 0 radical (unpaired) electrons. The summed E-state index contributed by atoms with van der Waals surface area (Å²) in [7, 11) is 0. The topological polar surface area (TPSA) is 61.0 Å². The highest BCUT2D eigenvalue weighted by Gasteiger charge is 2.17. The van der Waals surface area contributed by atoms with Gasteiger partial charge in [0.25, 0.3) is 5.91 Å². The fourth-order valence-corrected chi connectivity index (χ4v) is 2.91. The van der Waals surface area contributed by atoms with Gasteiger partial charge in [0.2, 0.25) is 0 Å². The van der Waals surface area contributed by atoms with Crippen molar-refractivity contribution < 1.29 is 4.79 Å². The number of piperidine rings is 1. The number of benzene rings is 1. The van der Waals surface area contributed by atoms with Gasteiger partial charge in [0.1, 0.15) is 0 Å². The van der Waals surface area contributed by atoms with Crippen LogP contribution in [0.25, 0.3) is 10.9 Å². The molecule has 1 aliphatic heterocycles. The molecule has 2 heterocycles. The molecule has 5 heteroatoms. The van der Waals surface area contributed by atoms with Gasteiger partial charge in [-0.3, -0.25) is 14.8 Å². The molecule has 1 aromatic heterocycles. The Balaban J connectivity index is 1.57. The van der Waals surface area contributed by atoms with Gasteiger partial charge >= 0.3 is 0 Å². The molecule has 1 atom stereocenters. The molecule has 3 rings (SSSR count). The van der Waals surface area contributed by atoms with E-state index < -0.39 is 0 Å². The van der Waals surface area contributed by atoms with Gasteiger partial charge in [-0.2, -0.15) is 5.10 Å². The predicted molar refractivity (Wildman–Crippen MR) is 83.3 cm³/mol. The van der Waals surface area contributed by atoms with Crippen LogP contribution in [0.15, 0.2) is 24.4 Å². The molecule has 0 bridgehead atoms. The zero-order chi connectivity index (χ0) is 14.7. The van der Waals surface area contributed by atoms with Crippen molar-refractivity contribution in [1.82, 2.24) is 20.4 Å². The molecular formula is C16H22N4O. The lowest BCUT2D eigenvalue weighted by Crippen LogP contribution is -2.44. The van der Waals surface area contributed by atoms with E-state index in [2.05, 4.69) is 27.3 Å². The second kappa shape index (κ2) is 6.26. The third-order valence-electron chi connectivity index (χ3n) is 4.28. The molecule has 2 N–H and O–H groups in total. The highest BCUT2D eigenvalue weighted by atomic mass is 16.1. The molecule has 0 saturated carbocycles. The molecule has 1 aromatic carbocycles. The Morgan fingerprint density at radius 1 is 1.38 bits per heavy atom. The number of carbonyl (C=O) groups is 1. The number of hydrogen-bond acceptors (Lipinski definition) is 3. The van der Waals surface area contributed by atoms with E-state index in [4.69, 9.17) is 0 Å². The summed E-state index contributed by atoms with van der Waals surface area (Å²) in [5, 5.41) is 10.9. The maximum absolute atomic E-state index is 12.2. The van der Waals surface area contributed by atoms with Gasteiger partial charge < -0.3 is 5.32 Å². The van der Waals surface area contributed by atoms with E-state index in [1.165, 1.54) is 19.3 Å². The van der Waals surface area contributed by atoms with Crippen LogP contribution < -0.4 is 5.32 Å². The van der Waals surface area contributed by atoms with Gasteiger partial charge in [-0.25, -0.2) is 0 Å². The summed E-state index contributed by atoms with van der Waals surface area (Å²) in [6, 6.07) is 6.01. The molecule has 21 heavy (non-hydrogen) atoms. The molecule has 0 aliphatic carbocycles. The van der Waals surface area contributed by atoms with Gasteiger partial charge in [0, 0.05) is 23.5 Å². The number of rotatable bonds is 4. The van der Waals surface area contributed by atoms with Gasteiger partial charge in [0.05, 0.1) is 11.7 Å². The molecule has 112 valence electrons. The molecule has 1 aliphatic rings. The third-order valence-corrected chi connectivity index (χ3v) is 4.28. The first-order valence-electron chi connectivity index (χ1n) is 7.69. The highest BCUT2D eigenvalue weighted by molar-refractivity contribution is 5.97. The van der Waals surface area contributed by atoms with Gasteiger partial charge in [0.15, 0.2) is 0 Å². The average molecular weight is 286 g/mol. The van der Waals surface area contributed by atoms with Crippen LogP contribution in [-0.4, -0.2) is 46.7 Å². The van der Waals surface area contributed by atoms with Crippen molar-refractivity contribution in [1.29, 1.82) is 0 Å². The number of amides is 1. The van der Waals surface area contributed by atoms with Crippen LogP contribution >= 0.6 is 0 Å². The Kier molecular flexibility index (Phi) is 4.20. The molecule has 1 fully saturated rings.